The highest BCUT2D eigenvalue weighted by molar-refractivity contribution is 5.88. The van der Waals surface area contributed by atoms with E-state index in [1.54, 1.807) is 4.90 Å². The van der Waals surface area contributed by atoms with E-state index >= 15 is 0 Å². The van der Waals surface area contributed by atoms with Crippen LogP contribution >= 0.6 is 0 Å². The highest BCUT2D eigenvalue weighted by Gasteiger charge is 2.66. The van der Waals surface area contributed by atoms with Gasteiger partial charge in [0.1, 0.15) is 12.6 Å². The summed E-state index contributed by atoms with van der Waals surface area (Å²) in [6.45, 7) is 15.1. The van der Waals surface area contributed by atoms with Gasteiger partial charge in [-0.1, -0.05) is 30.3 Å². The molecule has 298 valence electrons. The minimum Gasteiger partial charge on any atom is -0.445 e. The third kappa shape index (κ3) is 6.12. The molecule has 0 radical (unpaired) electrons. The van der Waals surface area contributed by atoms with Gasteiger partial charge in [0.15, 0.2) is 0 Å². The molecular formula is C44H56N6O6. The summed E-state index contributed by atoms with van der Waals surface area (Å²) >= 11 is 0. The lowest BCUT2D eigenvalue weighted by molar-refractivity contribution is -0.180. The Bertz CT molecular complexity index is 1850. The van der Waals surface area contributed by atoms with Gasteiger partial charge in [0.2, 0.25) is 5.91 Å². The van der Waals surface area contributed by atoms with Gasteiger partial charge in [0.05, 0.1) is 17.2 Å². The zero-order valence-electron chi connectivity index (χ0n) is 32.2. The molecule has 12 atom stereocenters. The van der Waals surface area contributed by atoms with Gasteiger partial charge in [-0.3, -0.25) is 29.1 Å². The first-order chi connectivity index (χ1) is 26.8. The number of carbonyl (C=O) groups is 3. The predicted molar refractivity (Wildman–Crippen MR) is 203 cm³/mol. The molecule has 0 aromatic heterocycles. The molecule has 2 aliphatic heterocycles. The number of nitrogens with two attached hydrogens (primary N) is 1. The van der Waals surface area contributed by atoms with E-state index in [0.717, 1.165) is 89.0 Å². The fourth-order valence-corrected chi connectivity index (χ4v) is 14.9. The van der Waals surface area contributed by atoms with Crippen molar-refractivity contribution in [3.05, 3.63) is 58.7 Å². The van der Waals surface area contributed by atoms with E-state index in [2.05, 4.69) is 15.0 Å². The maximum atomic E-state index is 14.0. The summed E-state index contributed by atoms with van der Waals surface area (Å²) in [5.41, 5.74) is 5.40. The van der Waals surface area contributed by atoms with Crippen LogP contribution < -0.4 is 11.1 Å². The molecule has 8 bridgehead atoms. The van der Waals surface area contributed by atoms with Gasteiger partial charge in [0.25, 0.3) is 5.91 Å². The van der Waals surface area contributed by atoms with Crippen molar-refractivity contribution in [1.29, 1.82) is 0 Å². The molecule has 13 rings (SSSR count). The fraction of sp³-hybridized carbons (Fsp3) is 0.750. The summed E-state index contributed by atoms with van der Waals surface area (Å²) in [6, 6.07) is 8.56. The van der Waals surface area contributed by atoms with Crippen molar-refractivity contribution < 1.29 is 29.3 Å². The van der Waals surface area contributed by atoms with Gasteiger partial charge < -0.3 is 26.0 Å². The first-order valence-corrected chi connectivity index (χ1v) is 21.4. The van der Waals surface area contributed by atoms with Crippen LogP contribution in [0.2, 0.25) is 0 Å². The van der Waals surface area contributed by atoms with Crippen LogP contribution in [-0.4, -0.2) is 85.6 Å². The summed E-state index contributed by atoms with van der Waals surface area (Å²) in [7, 11) is 0. The Balaban J connectivity index is 0.000000146. The van der Waals surface area contributed by atoms with E-state index in [1.165, 1.54) is 6.42 Å². The largest absolute Gasteiger partial charge is 0.445 e. The monoisotopic (exact) mass is 764 g/mol. The summed E-state index contributed by atoms with van der Waals surface area (Å²) in [4.78, 5) is 51.1. The predicted octanol–water partition coefficient (Wildman–Crippen LogP) is 4.99. The molecule has 5 N–H and O–H groups in total. The second kappa shape index (κ2) is 12.9. The molecule has 1 aromatic rings. The SMILES string of the molecule is [C-]#[N+][C@@H]1C[C@@H]2C[C@@H]2N1C(=O)C(N)C12CC3CC(CC(O)(C3)C1)C2.[C-]#[N+][C@@H]1C[C@@H]2C[C@@H]2N1C(=O)C(NC(=O)OCc1ccccc1)C12CC3CC(CC(O)(C3)C1)C2. The number of alkyl carbamates (subject to hydrolysis) is 1. The van der Waals surface area contributed by atoms with Crippen LogP contribution in [0.3, 0.4) is 0 Å². The van der Waals surface area contributed by atoms with Crippen molar-refractivity contribution in [3.63, 3.8) is 0 Å². The molecule has 12 heteroatoms. The molecule has 10 aliphatic carbocycles. The Kier molecular flexibility index (Phi) is 8.43. The van der Waals surface area contributed by atoms with Crippen molar-refractivity contribution in [2.45, 2.75) is 157 Å². The number of benzene rings is 1. The average molecular weight is 765 g/mol. The smallest absolute Gasteiger partial charge is 0.408 e. The molecular weight excluding hydrogens is 709 g/mol. The Hall–Kier alpha value is -3.71. The van der Waals surface area contributed by atoms with Crippen molar-refractivity contribution >= 4 is 17.9 Å². The standard InChI is InChI=1S/C26H31N3O4.C18H25N3O2/c1-27-21-9-19-8-20(19)29(21)23(30)22(28-24(31)33-14-16-5-3-2-4-6-16)25-10-17-7-18(11-25)13-26(32,12-17)15-25;1-20-14-4-12-3-13(12)21(14)16(22)15(19)17-5-10-2-11(6-17)8-18(23,7-10)9-17/h2-6,17-22,32H,7-15H2,(H,28,31);10-15,23H,2-9,19H2/t17?,18?,19-,20-,21-,22?,25?,26?;10?,11?,12-,13-,14-,15?,17?,18?/m00/s1. The van der Waals surface area contributed by atoms with Crippen molar-refractivity contribution in [3.8, 4) is 0 Å². The molecule has 12 aliphatic rings. The molecule has 6 unspecified atom stereocenters. The second-order valence-corrected chi connectivity index (χ2v) is 20.5. The van der Waals surface area contributed by atoms with E-state index < -0.39 is 41.0 Å². The van der Waals surface area contributed by atoms with E-state index in [4.69, 9.17) is 23.6 Å². The number of hydrogen-bond acceptors (Lipinski definition) is 7. The van der Waals surface area contributed by atoms with Crippen LogP contribution in [0, 0.1) is 59.5 Å². The number of amides is 3. The van der Waals surface area contributed by atoms with Crippen LogP contribution in [0.25, 0.3) is 9.69 Å². The molecule has 2 heterocycles. The van der Waals surface area contributed by atoms with E-state index in [1.807, 2.05) is 35.2 Å². The van der Waals surface area contributed by atoms with Gasteiger partial charge in [-0.25, -0.2) is 17.9 Å². The van der Waals surface area contributed by atoms with Crippen molar-refractivity contribution in [2.75, 3.05) is 0 Å². The summed E-state index contributed by atoms with van der Waals surface area (Å²) in [5.74, 6) is 2.62. The number of nitrogens with one attached hydrogen (secondary N) is 1. The van der Waals surface area contributed by atoms with E-state index in [-0.39, 0.29) is 42.1 Å². The van der Waals surface area contributed by atoms with Crippen LogP contribution in [0.5, 0.6) is 0 Å². The van der Waals surface area contributed by atoms with Crippen LogP contribution in [0.15, 0.2) is 30.3 Å². The molecule has 1 aromatic carbocycles. The first-order valence-electron chi connectivity index (χ1n) is 21.4. The Morgan fingerprint density at radius 3 is 1.71 bits per heavy atom. The zero-order chi connectivity index (χ0) is 38.8. The lowest BCUT2D eigenvalue weighted by atomic mass is 9.46. The number of aliphatic hydroxyl groups is 2. The lowest BCUT2D eigenvalue weighted by Gasteiger charge is -2.62. The maximum absolute atomic E-state index is 14.0. The molecule has 10 saturated carbocycles. The Morgan fingerprint density at radius 2 is 1.21 bits per heavy atom. The zero-order valence-corrected chi connectivity index (χ0v) is 32.2. The van der Waals surface area contributed by atoms with Gasteiger partial charge in [0, 0.05) is 30.3 Å². The lowest BCUT2D eigenvalue weighted by Crippen LogP contribution is -2.66. The maximum Gasteiger partial charge on any atom is 0.408 e. The van der Waals surface area contributed by atoms with Crippen LogP contribution in [-0.2, 0) is 20.9 Å². The number of likely N-dealkylation sites (tertiary alicyclic amines) is 2. The second-order valence-electron chi connectivity index (χ2n) is 20.5. The molecule has 3 amide bonds. The number of rotatable bonds is 7. The highest BCUT2D eigenvalue weighted by Crippen LogP contribution is 2.65. The topological polar surface area (TPSA) is 154 Å². The van der Waals surface area contributed by atoms with Gasteiger partial charge in [-0.2, -0.15) is 0 Å². The third-order valence-corrected chi connectivity index (χ3v) is 16.4. The van der Waals surface area contributed by atoms with Crippen molar-refractivity contribution in [2.24, 2.45) is 52.1 Å². The van der Waals surface area contributed by atoms with E-state index in [0.29, 0.717) is 48.3 Å². The fourth-order valence-electron chi connectivity index (χ4n) is 14.9. The molecule has 12 fully saturated rings. The first kappa shape index (κ1) is 36.6. The Labute approximate surface area is 329 Å². The van der Waals surface area contributed by atoms with Crippen molar-refractivity contribution in [1.82, 2.24) is 15.1 Å². The highest BCUT2D eigenvalue weighted by atomic mass is 16.5. The van der Waals surface area contributed by atoms with Crippen LogP contribution in [0.1, 0.15) is 108 Å². The van der Waals surface area contributed by atoms with Gasteiger partial charge in [-0.05, 0) is 136 Å². The quantitative estimate of drug-likeness (QED) is 0.286. The molecule has 12 nitrogen and oxygen atoms in total. The van der Waals surface area contributed by atoms with E-state index in [9.17, 15) is 24.6 Å². The number of carbonyl (C=O) groups excluding carboxylic acids is 3. The summed E-state index contributed by atoms with van der Waals surface area (Å²) in [5, 5.41) is 25.1. The number of fused-ring (bicyclic) bond motifs is 2. The average Bonchev–Trinajstić information content (AvgIpc) is 4.03. The van der Waals surface area contributed by atoms with Gasteiger partial charge >= 0.3 is 18.4 Å². The Morgan fingerprint density at radius 1 is 0.732 bits per heavy atom. The normalized spacial score (nSPS) is 46.0. The molecule has 56 heavy (non-hydrogen) atoms. The minimum absolute atomic E-state index is 0.0125. The van der Waals surface area contributed by atoms with Gasteiger partial charge in [-0.15, -0.1) is 0 Å². The molecule has 0 spiro atoms. The third-order valence-electron chi connectivity index (χ3n) is 16.4. The number of piperidine rings is 2. The summed E-state index contributed by atoms with van der Waals surface area (Å²) in [6.07, 6.45) is 12.8. The summed E-state index contributed by atoms with van der Waals surface area (Å²) < 4.78 is 5.51. The number of ether oxygens (including phenoxy) is 1. The molecule has 2 saturated heterocycles. The number of nitrogens with zero attached hydrogens (tertiary/aromatic N) is 4. The minimum atomic E-state index is -0.762. The number of hydrogen-bond donors (Lipinski definition) is 4. The van der Waals surface area contributed by atoms with Crippen LogP contribution in [0.4, 0.5) is 4.79 Å².